The van der Waals surface area contributed by atoms with Crippen molar-refractivity contribution in [3.8, 4) is 0 Å². The molecule has 0 saturated heterocycles. The van der Waals surface area contributed by atoms with E-state index in [9.17, 15) is 4.79 Å². The van der Waals surface area contributed by atoms with E-state index < -0.39 is 0 Å². The summed E-state index contributed by atoms with van der Waals surface area (Å²) in [4.78, 5) is 12.8. The first-order valence-electron chi connectivity index (χ1n) is 8.12. The number of nitrogens with two attached hydrogens (primary N) is 1. The molecule has 2 atom stereocenters. The number of carbonyl (C=O) groups excluding carboxylic acids is 1. The summed E-state index contributed by atoms with van der Waals surface area (Å²) >= 11 is 1.54. The molecule has 2 aliphatic rings. The summed E-state index contributed by atoms with van der Waals surface area (Å²) in [6.07, 6.45) is 6.20. The molecule has 2 unspecified atom stereocenters. The number of hydrogen-bond acceptors (Lipinski definition) is 4. The topological polar surface area (TPSA) is 67.2 Å². The monoisotopic (exact) mass is 307 g/mol. The first-order chi connectivity index (χ1) is 10.2. The number of rotatable bonds is 7. The molecule has 0 spiro atoms. The van der Waals surface area contributed by atoms with Gasteiger partial charge in [0.2, 0.25) is 0 Å². The Morgan fingerprint density at radius 3 is 2.76 bits per heavy atom. The van der Waals surface area contributed by atoms with Gasteiger partial charge in [-0.2, -0.15) is 0 Å². The molecule has 5 heteroatoms. The average molecular weight is 307 g/mol. The zero-order chi connectivity index (χ0) is 15.0. The minimum absolute atomic E-state index is 0.0316. The van der Waals surface area contributed by atoms with E-state index >= 15 is 0 Å². The molecule has 4 nitrogen and oxygen atoms in total. The van der Waals surface area contributed by atoms with Crippen LogP contribution in [0.2, 0.25) is 0 Å². The fourth-order valence-corrected chi connectivity index (χ4v) is 4.22. The molecule has 0 radical (unpaired) electrons. The Hall–Kier alpha value is -1.23. The number of nitrogen functional groups attached to an aromatic ring is 1. The lowest BCUT2D eigenvalue weighted by Crippen LogP contribution is -2.22. The van der Waals surface area contributed by atoms with Crippen molar-refractivity contribution in [2.75, 3.05) is 17.6 Å². The minimum Gasteiger partial charge on any atom is -0.397 e. The highest BCUT2D eigenvalue weighted by Crippen LogP contribution is 2.52. The summed E-state index contributed by atoms with van der Waals surface area (Å²) in [6, 6.07) is 0.586. The van der Waals surface area contributed by atoms with E-state index in [1.807, 2.05) is 6.92 Å². The second-order valence-corrected chi connectivity index (χ2v) is 7.28. The van der Waals surface area contributed by atoms with Gasteiger partial charge in [-0.05, 0) is 44.4 Å². The Morgan fingerprint density at radius 1 is 1.38 bits per heavy atom. The van der Waals surface area contributed by atoms with Gasteiger partial charge in [0.05, 0.1) is 10.7 Å². The van der Waals surface area contributed by atoms with Crippen LogP contribution in [0.5, 0.6) is 0 Å². The molecule has 1 heterocycles. The number of nitrogens with one attached hydrogen (secondary N) is 2. The third-order valence-electron chi connectivity index (χ3n) is 4.41. The van der Waals surface area contributed by atoms with Crippen molar-refractivity contribution < 1.29 is 4.79 Å². The second kappa shape index (κ2) is 5.87. The quantitative estimate of drug-likeness (QED) is 0.721. The van der Waals surface area contributed by atoms with Gasteiger partial charge in [-0.3, -0.25) is 4.79 Å². The van der Waals surface area contributed by atoms with Crippen LogP contribution in [-0.2, 0) is 0 Å². The SMILES string of the molecule is CCCC1CC1Nc1sc(C(=O)NCC)c(N)c1C1CC1. The highest BCUT2D eigenvalue weighted by atomic mass is 32.1. The lowest BCUT2D eigenvalue weighted by molar-refractivity contribution is 0.0960. The second-order valence-electron chi connectivity index (χ2n) is 6.26. The maximum atomic E-state index is 12.1. The number of thiophene rings is 1. The largest absolute Gasteiger partial charge is 0.397 e. The van der Waals surface area contributed by atoms with Crippen molar-refractivity contribution in [1.29, 1.82) is 0 Å². The highest BCUT2D eigenvalue weighted by Gasteiger charge is 2.39. The van der Waals surface area contributed by atoms with Gasteiger partial charge < -0.3 is 16.4 Å². The van der Waals surface area contributed by atoms with Gasteiger partial charge in [0.25, 0.3) is 5.91 Å². The van der Waals surface area contributed by atoms with E-state index in [-0.39, 0.29) is 5.91 Å². The van der Waals surface area contributed by atoms with E-state index in [0.717, 1.165) is 10.9 Å². The van der Waals surface area contributed by atoms with Crippen molar-refractivity contribution in [2.45, 2.75) is 57.9 Å². The van der Waals surface area contributed by atoms with Crippen molar-refractivity contribution in [3.05, 3.63) is 10.4 Å². The molecule has 2 fully saturated rings. The Kier molecular flexibility index (Phi) is 4.11. The Morgan fingerprint density at radius 2 is 2.14 bits per heavy atom. The molecule has 3 rings (SSSR count). The molecule has 1 amide bonds. The summed E-state index contributed by atoms with van der Waals surface area (Å²) in [5.41, 5.74) is 8.20. The van der Waals surface area contributed by atoms with E-state index in [2.05, 4.69) is 17.6 Å². The fourth-order valence-electron chi connectivity index (χ4n) is 3.03. The van der Waals surface area contributed by atoms with E-state index in [0.29, 0.717) is 29.1 Å². The summed E-state index contributed by atoms with van der Waals surface area (Å²) in [5.74, 6) is 1.34. The molecule has 1 aromatic heterocycles. The molecule has 1 aromatic rings. The van der Waals surface area contributed by atoms with E-state index in [4.69, 9.17) is 5.73 Å². The first-order valence-corrected chi connectivity index (χ1v) is 8.94. The van der Waals surface area contributed by atoms with Crippen LogP contribution in [0.3, 0.4) is 0 Å². The molecule has 4 N–H and O–H groups in total. The van der Waals surface area contributed by atoms with E-state index in [1.165, 1.54) is 37.7 Å². The third-order valence-corrected chi connectivity index (χ3v) is 5.56. The first kappa shape index (κ1) is 14.7. The minimum atomic E-state index is -0.0316. The van der Waals surface area contributed by atoms with Gasteiger partial charge in [-0.1, -0.05) is 13.3 Å². The molecular formula is C16H25N3OS. The summed E-state index contributed by atoms with van der Waals surface area (Å²) in [6.45, 7) is 4.81. The van der Waals surface area contributed by atoms with Crippen molar-refractivity contribution in [3.63, 3.8) is 0 Å². The maximum Gasteiger partial charge on any atom is 0.263 e. The molecule has 0 bridgehead atoms. The fraction of sp³-hybridized carbons (Fsp3) is 0.688. The van der Waals surface area contributed by atoms with Crippen molar-refractivity contribution in [2.24, 2.45) is 5.92 Å². The van der Waals surface area contributed by atoms with Crippen molar-refractivity contribution in [1.82, 2.24) is 5.32 Å². The van der Waals surface area contributed by atoms with Crippen molar-refractivity contribution >= 4 is 27.9 Å². The average Bonchev–Trinajstić information content (AvgIpc) is 3.35. The summed E-state index contributed by atoms with van der Waals surface area (Å²) in [7, 11) is 0. The predicted molar refractivity (Wildman–Crippen MR) is 89.1 cm³/mol. The van der Waals surface area contributed by atoms with Crippen LogP contribution in [0.25, 0.3) is 0 Å². The van der Waals surface area contributed by atoms with Crippen LogP contribution in [0.15, 0.2) is 0 Å². The Labute approximate surface area is 130 Å². The van der Waals surface area contributed by atoms with Crippen LogP contribution in [-0.4, -0.2) is 18.5 Å². The zero-order valence-corrected chi connectivity index (χ0v) is 13.7. The zero-order valence-electron chi connectivity index (χ0n) is 12.9. The predicted octanol–water partition coefficient (Wildman–Crippen LogP) is 3.56. The van der Waals surface area contributed by atoms with E-state index in [1.54, 1.807) is 11.3 Å². The lowest BCUT2D eigenvalue weighted by atomic mass is 10.1. The Balaban J connectivity index is 1.79. The number of amides is 1. The highest BCUT2D eigenvalue weighted by molar-refractivity contribution is 7.18. The van der Waals surface area contributed by atoms with Gasteiger partial charge >= 0.3 is 0 Å². The van der Waals surface area contributed by atoms with Gasteiger partial charge in [-0.25, -0.2) is 0 Å². The molecule has 0 aliphatic heterocycles. The molecule has 2 saturated carbocycles. The maximum absolute atomic E-state index is 12.1. The van der Waals surface area contributed by atoms with Gasteiger partial charge in [0, 0.05) is 18.2 Å². The number of carbonyl (C=O) groups is 1. The smallest absolute Gasteiger partial charge is 0.263 e. The van der Waals surface area contributed by atoms with Gasteiger partial charge in [0.15, 0.2) is 0 Å². The molecule has 0 aromatic carbocycles. The normalized spacial score (nSPS) is 23.9. The Bertz CT molecular complexity index is 536. The van der Waals surface area contributed by atoms with Crippen LogP contribution in [0, 0.1) is 5.92 Å². The van der Waals surface area contributed by atoms with Crippen LogP contribution in [0.4, 0.5) is 10.7 Å². The summed E-state index contributed by atoms with van der Waals surface area (Å²) < 4.78 is 0. The number of anilines is 2. The van der Waals surface area contributed by atoms with Gasteiger partial charge in [0.1, 0.15) is 4.88 Å². The van der Waals surface area contributed by atoms with Gasteiger partial charge in [-0.15, -0.1) is 11.3 Å². The van der Waals surface area contributed by atoms with Crippen LogP contribution < -0.4 is 16.4 Å². The third kappa shape index (κ3) is 3.03. The molecule has 116 valence electrons. The van der Waals surface area contributed by atoms with Crippen LogP contribution >= 0.6 is 11.3 Å². The molecule has 2 aliphatic carbocycles. The lowest BCUT2D eigenvalue weighted by Gasteiger charge is -2.06. The molecular weight excluding hydrogens is 282 g/mol. The summed E-state index contributed by atoms with van der Waals surface area (Å²) in [5, 5.41) is 7.67. The molecule has 21 heavy (non-hydrogen) atoms. The standard InChI is InChI=1S/C16H25N3OS/c1-3-5-10-8-11(10)19-16-12(9-6-7-9)13(17)14(21-16)15(20)18-4-2/h9-11,19H,3-8,17H2,1-2H3,(H,18,20). The number of hydrogen-bond donors (Lipinski definition) is 3. The van der Waals surface area contributed by atoms with Crippen LogP contribution in [0.1, 0.15) is 67.1 Å².